The normalized spacial score (nSPS) is 37.5. The zero-order chi connectivity index (χ0) is 9.26. The van der Waals surface area contributed by atoms with E-state index in [2.05, 4.69) is 5.32 Å². The summed E-state index contributed by atoms with van der Waals surface area (Å²) in [6, 6.07) is 0. The maximum absolute atomic E-state index is 11.5. The first kappa shape index (κ1) is 9.00. The van der Waals surface area contributed by atoms with Crippen molar-refractivity contribution < 1.29 is 9.53 Å². The van der Waals surface area contributed by atoms with E-state index in [4.69, 9.17) is 4.74 Å². The number of ether oxygens (including phenoxy) is 1. The van der Waals surface area contributed by atoms with E-state index in [0.29, 0.717) is 12.5 Å². The molecule has 1 saturated heterocycles. The van der Waals surface area contributed by atoms with Gasteiger partial charge in [-0.05, 0) is 44.7 Å². The van der Waals surface area contributed by atoms with E-state index < -0.39 is 0 Å². The molecule has 0 bridgehead atoms. The summed E-state index contributed by atoms with van der Waals surface area (Å²) in [7, 11) is 0. The monoisotopic (exact) mass is 183 g/mol. The second kappa shape index (κ2) is 3.66. The average molecular weight is 183 g/mol. The van der Waals surface area contributed by atoms with Crippen LogP contribution in [0.4, 0.5) is 0 Å². The average Bonchev–Trinajstić information content (AvgIpc) is 2.62. The molecule has 3 atom stereocenters. The van der Waals surface area contributed by atoms with Crippen LogP contribution in [0.15, 0.2) is 0 Å². The number of carbonyl (C=O) groups is 1. The third-order valence-corrected chi connectivity index (χ3v) is 3.35. The second-order valence-corrected chi connectivity index (χ2v) is 4.02. The molecule has 1 heterocycles. The molecule has 1 N–H and O–H groups in total. The zero-order valence-electron chi connectivity index (χ0n) is 8.08. The second-order valence-electron chi connectivity index (χ2n) is 4.02. The number of esters is 1. The lowest BCUT2D eigenvalue weighted by Gasteiger charge is -2.15. The van der Waals surface area contributed by atoms with E-state index in [0.717, 1.165) is 25.4 Å². The Morgan fingerprint density at radius 3 is 3.08 bits per heavy atom. The van der Waals surface area contributed by atoms with Crippen molar-refractivity contribution in [2.24, 2.45) is 17.8 Å². The fraction of sp³-hybridized carbons (Fsp3) is 0.900. The van der Waals surface area contributed by atoms with Crippen LogP contribution >= 0.6 is 0 Å². The number of carbonyl (C=O) groups excluding carboxylic acids is 1. The van der Waals surface area contributed by atoms with E-state index >= 15 is 0 Å². The van der Waals surface area contributed by atoms with Gasteiger partial charge in [-0.15, -0.1) is 0 Å². The summed E-state index contributed by atoms with van der Waals surface area (Å²) in [4.78, 5) is 11.5. The molecule has 0 aromatic heterocycles. The van der Waals surface area contributed by atoms with Crippen LogP contribution in [-0.4, -0.2) is 25.7 Å². The lowest BCUT2D eigenvalue weighted by Crippen LogP contribution is -2.25. The van der Waals surface area contributed by atoms with Gasteiger partial charge in [0.1, 0.15) is 0 Å². The predicted octanol–water partition coefficient (Wildman–Crippen LogP) is 0.795. The Bertz CT molecular complexity index is 205. The first-order valence-electron chi connectivity index (χ1n) is 5.20. The van der Waals surface area contributed by atoms with Crippen LogP contribution < -0.4 is 5.32 Å². The van der Waals surface area contributed by atoms with Crippen LogP contribution in [0.1, 0.15) is 19.8 Å². The van der Waals surface area contributed by atoms with Crippen LogP contribution in [0.2, 0.25) is 0 Å². The third kappa shape index (κ3) is 1.57. The van der Waals surface area contributed by atoms with Gasteiger partial charge in [-0.25, -0.2) is 0 Å². The molecule has 0 aromatic carbocycles. The maximum Gasteiger partial charge on any atom is 0.309 e. The number of rotatable bonds is 2. The highest BCUT2D eigenvalue weighted by Gasteiger charge is 2.43. The van der Waals surface area contributed by atoms with Gasteiger partial charge in [-0.1, -0.05) is 0 Å². The number of hydrogen-bond donors (Lipinski definition) is 1. The Hall–Kier alpha value is -0.570. The van der Waals surface area contributed by atoms with Crippen molar-refractivity contribution in [1.29, 1.82) is 0 Å². The zero-order valence-corrected chi connectivity index (χ0v) is 8.08. The minimum Gasteiger partial charge on any atom is -0.466 e. The molecule has 2 fully saturated rings. The molecule has 2 aliphatic rings. The van der Waals surface area contributed by atoms with Crippen molar-refractivity contribution in [2.75, 3.05) is 19.7 Å². The van der Waals surface area contributed by atoms with Crippen molar-refractivity contribution in [3.8, 4) is 0 Å². The van der Waals surface area contributed by atoms with Gasteiger partial charge in [0.05, 0.1) is 12.5 Å². The summed E-state index contributed by atoms with van der Waals surface area (Å²) in [5, 5.41) is 3.34. The Labute approximate surface area is 78.8 Å². The van der Waals surface area contributed by atoms with Gasteiger partial charge in [-0.2, -0.15) is 0 Å². The molecule has 13 heavy (non-hydrogen) atoms. The predicted molar refractivity (Wildman–Crippen MR) is 49.2 cm³/mol. The highest BCUT2D eigenvalue weighted by atomic mass is 16.5. The van der Waals surface area contributed by atoms with E-state index in [1.165, 1.54) is 6.42 Å². The molecule has 1 aliphatic heterocycles. The van der Waals surface area contributed by atoms with Crippen LogP contribution in [0.3, 0.4) is 0 Å². The molecule has 0 amide bonds. The number of nitrogens with one attached hydrogen (secondary N) is 1. The molecule has 3 heteroatoms. The summed E-state index contributed by atoms with van der Waals surface area (Å²) in [6.07, 6.45) is 2.23. The summed E-state index contributed by atoms with van der Waals surface area (Å²) in [6.45, 7) is 4.49. The van der Waals surface area contributed by atoms with Crippen molar-refractivity contribution in [3.05, 3.63) is 0 Å². The fourth-order valence-corrected chi connectivity index (χ4v) is 2.69. The van der Waals surface area contributed by atoms with Crippen molar-refractivity contribution in [3.63, 3.8) is 0 Å². The summed E-state index contributed by atoms with van der Waals surface area (Å²) in [5.41, 5.74) is 0. The quantitative estimate of drug-likeness (QED) is 0.643. The highest BCUT2D eigenvalue weighted by molar-refractivity contribution is 5.73. The maximum atomic E-state index is 11.5. The Balaban J connectivity index is 1.96. The molecular formula is C10H17NO2. The first-order valence-corrected chi connectivity index (χ1v) is 5.20. The Morgan fingerprint density at radius 2 is 2.31 bits per heavy atom. The van der Waals surface area contributed by atoms with Gasteiger partial charge in [0.15, 0.2) is 0 Å². The molecule has 0 radical (unpaired) electrons. The number of fused-ring (bicyclic) bond motifs is 1. The van der Waals surface area contributed by atoms with Crippen LogP contribution in [0.25, 0.3) is 0 Å². The largest absolute Gasteiger partial charge is 0.466 e. The molecule has 74 valence electrons. The van der Waals surface area contributed by atoms with Crippen molar-refractivity contribution in [1.82, 2.24) is 5.32 Å². The van der Waals surface area contributed by atoms with Gasteiger partial charge < -0.3 is 10.1 Å². The van der Waals surface area contributed by atoms with Crippen molar-refractivity contribution in [2.45, 2.75) is 19.8 Å². The summed E-state index contributed by atoms with van der Waals surface area (Å²) < 4.78 is 5.07. The van der Waals surface area contributed by atoms with E-state index in [9.17, 15) is 4.79 Å². The van der Waals surface area contributed by atoms with Gasteiger partial charge >= 0.3 is 5.97 Å². The Morgan fingerprint density at radius 1 is 1.46 bits per heavy atom. The minimum atomic E-state index is 0.0266. The topological polar surface area (TPSA) is 38.3 Å². The van der Waals surface area contributed by atoms with E-state index in [1.54, 1.807) is 0 Å². The summed E-state index contributed by atoms with van der Waals surface area (Å²) in [5.74, 6) is 1.49. The lowest BCUT2D eigenvalue weighted by molar-refractivity contribution is -0.149. The standard InChI is InChI=1S/C10H17NO2/c1-2-13-10(12)8-4-3-7-5-11-6-9(7)8/h7-9,11H,2-6H2,1H3. The van der Waals surface area contributed by atoms with Gasteiger partial charge in [-0.3, -0.25) is 4.79 Å². The van der Waals surface area contributed by atoms with Gasteiger partial charge in [0.2, 0.25) is 0 Å². The highest BCUT2D eigenvalue weighted by Crippen LogP contribution is 2.39. The molecule has 3 unspecified atom stereocenters. The third-order valence-electron chi connectivity index (χ3n) is 3.35. The van der Waals surface area contributed by atoms with Gasteiger partial charge in [0, 0.05) is 0 Å². The Kier molecular flexibility index (Phi) is 2.54. The van der Waals surface area contributed by atoms with Crippen LogP contribution in [0.5, 0.6) is 0 Å². The van der Waals surface area contributed by atoms with Crippen LogP contribution in [0, 0.1) is 17.8 Å². The van der Waals surface area contributed by atoms with E-state index in [-0.39, 0.29) is 11.9 Å². The molecule has 1 aliphatic carbocycles. The van der Waals surface area contributed by atoms with E-state index in [1.807, 2.05) is 6.92 Å². The molecule has 0 aromatic rings. The lowest BCUT2D eigenvalue weighted by atomic mass is 9.92. The molecule has 2 rings (SSSR count). The summed E-state index contributed by atoms with van der Waals surface area (Å²) >= 11 is 0. The molecule has 1 saturated carbocycles. The van der Waals surface area contributed by atoms with Crippen LogP contribution in [-0.2, 0) is 9.53 Å². The minimum absolute atomic E-state index is 0.0266. The first-order chi connectivity index (χ1) is 6.33. The molecular weight excluding hydrogens is 166 g/mol. The van der Waals surface area contributed by atoms with Gasteiger partial charge in [0.25, 0.3) is 0 Å². The fourth-order valence-electron chi connectivity index (χ4n) is 2.69. The molecule has 0 spiro atoms. The van der Waals surface area contributed by atoms with Crippen molar-refractivity contribution >= 4 is 5.97 Å². The molecule has 3 nitrogen and oxygen atoms in total. The number of hydrogen-bond acceptors (Lipinski definition) is 3. The SMILES string of the molecule is CCOC(=O)C1CCC2CNCC21. The smallest absolute Gasteiger partial charge is 0.309 e.